The second-order valence-electron chi connectivity index (χ2n) is 8.17. The highest BCUT2D eigenvalue weighted by Crippen LogP contribution is 2.28. The molecular weight excluding hydrogens is 380 g/mol. The topological polar surface area (TPSA) is 116 Å². The average Bonchev–Trinajstić information content (AvgIpc) is 2.80. The maximum absolute atomic E-state index is 11.9. The highest BCUT2D eigenvalue weighted by molar-refractivity contribution is 5.96. The Hall–Kier alpha value is -2.71. The van der Waals surface area contributed by atoms with Crippen molar-refractivity contribution < 1.29 is 9.90 Å². The minimum Gasteiger partial charge on any atom is -0.396 e. The summed E-state index contributed by atoms with van der Waals surface area (Å²) in [5, 5.41) is 16.0. The van der Waals surface area contributed by atoms with Gasteiger partial charge in [-0.3, -0.25) is 4.79 Å². The molecule has 0 atom stereocenters. The van der Waals surface area contributed by atoms with Crippen molar-refractivity contribution in [2.75, 3.05) is 43.0 Å². The minimum absolute atomic E-state index is 0.131. The van der Waals surface area contributed by atoms with Crippen molar-refractivity contribution in [2.24, 2.45) is 11.7 Å². The Bertz CT molecular complexity index is 858. The molecule has 2 aliphatic heterocycles. The number of nitrogens with zero attached hydrogens (tertiary/aromatic N) is 3. The van der Waals surface area contributed by atoms with E-state index in [1.807, 2.05) is 12.1 Å². The van der Waals surface area contributed by atoms with E-state index in [1.54, 1.807) is 6.20 Å². The van der Waals surface area contributed by atoms with E-state index in [1.165, 1.54) is 5.56 Å². The van der Waals surface area contributed by atoms with Crippen molar-refractivity contribution in [1.82, 2.24) is 15.3 Å². The number of hydrogen-bond acceptors (Lipinski definition) is 7. The molecule has 2 aromatic rings. The summed E-state index contributed by atoms with van der Waals surface area (Å²) in [5.41, 5.74) is 7.84. The van der Waals surface area contributed by atoms with Crippen LogP contribution in [0.2, 0.25) is 0 Å². The van der Waals surface area contributed by atoms with Gasteiger partial charge >= 0.3 is 0 Å². The van der Waals surface area contributed by atoms with Gasteiger partial charge in [-0.1, -0.05) is 12.1 Å². The number of piperidine rings is 2. The summed E-state index contributed by atoms with van der Waals surface area (Å²) in [6.45, 7) is 3.95. The molecule has 0 aliphatic carbocycles. The van der Waals surface area contributed by atoms with Crippen LogP contribution in [0.5, 0.6) is 0 Å². The van der Waals surface area contributed by atoms with Gasteiger partial charge in [-0.05, 0) is 68.3 Å². The van der Waals surface area contributed by atoms with Crippen LogP contribution < -0.4 is 21.3 Å². The molecule has 0 radical (unpaired) electrons. The van der Waals surface area contributed by atoms with Crippen LogP contribution in [0, 0.1) is 5.92 Å². The standard InChI is InChI=1S/C22H30N6O2/c23-21(30)20-22(27-19(13-25-20)28-11-7-15(14-29)8-12-28)26-18-3-1-16(2-4-18)17-5-9-24-10-6-17/h1-4,13,15,17,24,29H,5-12,14H2,(H2,23,30)(H,26,27). The van der Waals surface area contributed by atoms with E-state index in [4.69, 9.17) is 5.73 Å². The highest BCUT2D eigenvalue weighted by atomic mass is 16.3. The van der Waals surface area contributed by atoms with Crippen molar-refractivity contribution in [1.29, 1.82) is 0 Å². The minimum atomic E-state index is -0.609. The molecule has 2 fully saturated rings. The number of nitrogens with one attached hydrogen (secondary N) is 2. The molecule has 0 unspecified atom stereocenters. The van der Waals surface area contributed by atoms with Gasteiger partial charge in [-0.25, -0.2) is 9.97 Å². The van der Waals surface area contributed by atoms with E-state index in [0.717, 1.165) is 57.5 Å². The Morgan fingerprint density at radius 1 is 1.17 bits per heavy atom. The third kappa shape index (κ3) is 4.71. The molecule has 8 nitrogen and oxygen atoms in total. The maximum Gasteiger partial charge on any atom is 0.271 e. The number of amides is 1. The lowest BCUT2D eigenvalue weighted by Gasteiger charge is -2.32. The maximum atomic E-state index is 11.9. The summed E-state index contributed by atoms with van der Waals surface area (Å²) in [5.74, 6) is 1.41. The molecule has 0 bridgehead atoms. The number of hydrogen-bond donors (Lipinski definition) is 4. The van der Waals surface area contributed by atoms with Crippen molar-refractivity contribution in [3.05, 3.63) is 41.7 Å². The first-order valence-corrected chi connectivity index (χ1v) is 10.7. The molecule has 0 spiro atoms. The number of rotatable bonds is 6. The predicted molar refractivity (Wildman–Crippen MR) is 117 cm³/mol. The second kappa shape index (κ2) is 9.40. The Morgan fingerprint density at radius 3 is 2.50 bits per heavy atom. The number of carbonyl (C=O) groups excluding carboxylic acids is 1. The first kappa shape index (κ1) is 20.6. The molecule has 1 aromatic heterocycles. The number of aliphatic hydroxyl groups is 1. The predicted octanol–water partition coefficient (Wildman–Crippen LogP) is 1.99. The van der Waals surface area contributed by atoms with Gasteiger partial charge in [-0.2, -0.15) is 0 Å². The van der Waals surface area contributed by atoms with Crippen LogP contribution in [-0.2, 0) is 0 Å². The molecular formula is C22H30N6O2. The van der Waals surface area contributed by atoms with E-state index in [-0.39, 0.29) is 12.3 Å². The molecule has 2 saturated heterocycles. The normalized spacial score (nSPS) is 18.4. The summed E-state index contributed by atoms with van der Waals surface area (Å²) >= 11 is 0. The molecule has 8 heteroatoms. The lowest BCUT2D eigenvalue weighted by Crippen LogP contribution is -2.35. The van der Waals surface area contributed by atoms with Gasteiger partial charge in [0.25, 0.3) is 5.91 Å². The Kier molecular flexibility index (Phi) is 6.44. The first-order valence-electron chi connectivity index (χ1n) is 10.7. The van der Waals surface area contributed by atoms with Gasteiger partial charge in [0.15, 0.2) is 11.5 Å². The highest BCUT2D eigenvalue weighted by Gasteiger charge is 2.22. The Labute approximate surface area is 176 Å². The van der Waals surface area contributed by atoms with Crippen LogP contribution in [-0.4, -0.2) is 53.8 Å². The molecule has 0 saturated carbocycles. The van der Waals surface area contributed by atoms with Gasteiger partial charge in [0, 0.05) is 25.4 Å². The number of nitrogens with two attached hydrogens (primary N) is 1. The molecule has 2 aliphatic rings. The summed E-state index contributed by atoms with van der Waals surface area (Å²) < 4.78 is 0. The summed E-state index contributed by atoms with van der Waals surface area (Å²) in [6, 6.07) is 8.31. The fraction of sp³-hybridized carbons (Fsp3) is 0.500. The Balaban J connectivity index is 1.51. The number of anilines is 3. The van der Waals surface area contributed by atoms with E-state index >= 15 is 0 Å². The SMILES string of the molecule is NC(=O)c1ncc(N2CCC(CO)CC2)nc1Nc1ccc(C2CCNCC2)cc1. The molecule has 160 valence electrons. The quantitative estimate of drug-likeness (QED) is 0.575. The van der Waals surface area contributed by atoms with E-state index in [2.05, 4.69) is 37.6 Å². The van der Waals surface area contributed by atoms with Crippen LogP contribution in [0.3, 0.4) is 0 Å². The third-order valence-corrected chi connectivity index (χ3v) is 6.17. The monoisotopic (exact) mass is 410 g/mol. The molecule has 5 N–H and O–H groups in total. The smallest absolute Gasteiger partial charge is 0.271 e. The van der Waals surface area contributed by atoms with Gasteiger partial charge in [0.2, 0.25) is 0 Å². The lowest BCUT2D eigenvalue weighted by molar-refractivity contribution is 0.0996. The lowest BCUT2D eigenvalue weighted by atomic mass is 9.90. The zero-order valence-corrected chi connectivity index (χ0v) is 17.2. The van der Waals surface area contributed by atoms with Crippen molar-refractivity contribution in [2.45, 2.75) is 31.6 Å². The Morgan fingerprint density at radius 2 is 1.87 bits per heavy atom. The largest absolute Gasteiger partial charge is 0.396 e. The zero-order valence-electron chi connectivity index (χ0n) is 17.2. The fourth-order valence-corrected chi connectivity index (χ4v) is 4.27. The van der Waals surface area contributed by atoms with Crippen LogP contribution in [0.1, 0.15) is 47.7 Å². The molecule has 1 amide bonds. The molecule has 30 heavy (non-hydrogen) atoms. The number of aliphatic hydroxyl groups excluding tert-OH is 1. The number of aromatic nitrogens is 2. The van der Waals surface area contributed by atoms with Crippen molar-refractivity contribution in [3.8, 4) is 0 Å². The second-order valence-corrected chi connectivity index (χ2v) is 8.17. The summed E-state index contributed by atoms with van der Waals surface area (Å²) in [4.78, 5) is 22.9. The molecule has 4 rings (SSSR count). The van der Waals surface area contributed by atoms with Gasteiger partial charge < -0.3 is 26.4 Å². The van der Waals surface area contributed by atoms with Crippen molar-refractivity contribution in [3.63, 3.8) is 0 Å². The van der Waals surface area contributed by atoms with Crippen LogP contribution in [0.25, 0.3) is 0 Å². The van der Waals surface area contributed by atoms with E-state index < -0.39 is 5.91 Å². The van der Waals surface area contributed by atoms with Gasteiger partial charge in [-0.15, -0.1) is 0 Å². The van der Waals surface area contributed by atoms with E-state index in [9.17, 15) is 9.90 Å². The molecule has 3 heterocycles. The van der Waals surface area contributed by atoms with Gasteiger partial charge in [0.1, 0.15) is 5.82 Å². The van der Waals surface area contributed by atoms with Crippen LogP contribution in [0.4, 0.5) is 17.3 Å². The van der Waals surface area contributed by atoms with E-state index in [0.29, 0.717) is 23.5 Å². The summed E-state index contributed by atoms with van der Waals surface area (Å²) in [7, 11) is 0. The fourth-order valence-electron chi connectivity index (χ4n) is 4.27. The van der Waals surface area contributed by atoms with Crippen LogP contribution in [0.15, 0.2) is 30.5 Å². The van der Waals surface area contributed by atoms with Crippen LogP contribution >= 0.6 is 0 Å². The number of primary amides is 1. The number of benzene rings is 1. The molecule has 1 aromatic carbocycles. The first-order chi connectivity index (χ1) is 14.6. The van der Waals surface area contributed by atoms with Gasteiger partial charge in [0.05, 0.1) is 6.20 Å². The zero-order chi connectivity index (χ0) is 20.9. The summed E-state index contributed by atoms with van der Waals surface area (Å²) in [6.07, 6.45) is 5.73. The van der Waals surface area contributed by atoms with Crippen molar-refractivity contribution >= 4 is 23.2 Å². The number of carbonyl (C=O) groups is 1. The third-order valence-electron chi connectivity index (χ3n) is 6.17. The average molecular weight is 411 g/mol.